The predicted octanol–water partition coefficient (Wildman–Crippen LogP) is 2.87. The molecule has 1 amide bonds. The van der Waals surface area contributed by atoms with Crippen LogP contribution in [0.2, 0.25) is 0 Å². The van der Waals surface area contributed by atoms with Crippen LogP contribution in [0.4, 0.5) is 10.1 Å². The Balaban J connectivity index is 1.80. The van der Waals surface area contributed by atoms with Crippen molar-refractivity contribution < 1.29 is 13.9 Å². The van der Waals surface area contributed by atoms with Crippen LogP contribution in [0.25, 0.3) is 0 Å². The van der Waals surface area contributed by atoms with Crippen molar-refractivity contribution in [2.75, 3.05) is 19.0 Å². The summed E-state index contributed by atoms with van der Waals surface area (Å²) in [7, 11) is 1.61. The molecule has 0 aliphatic rings. The van der Waals surface area contributed by atoms with E-state index in [1.807, 2.05) is 24.3 Å². The van der Waals surface area contributed by atoms with Crippen molar-refractivity contribution in [3.63, 3.8) is 0 Å². The molecule has 5 heteroatoms. The standard InChI is InChI=1S/C17H19FN2O2/c1-12-9-14(18)5-8-16(12)19-11-17(21)20-10-13-3-6-15(22-2)7-4-13/h3-9,19H,10-11H2,1-2H3,(H,20,21). The summed E-state index contributed by atoms with van der Waals surface area (Å²) >= 11 is 0. The first-order valence-electron chi connectivity index (χ1n) is 6.98. The van der Waals surface area contributed by atoms with Gasteiger partial charge in [0.25, 0.3) is 0 Å². The summed E-state index contributed by atoms with van der Waals surface area (Å²) in [5, 5.41) is 5.82. The van der Waals surface area contributed by atoms with E-state index in [1.165, 1.54) is 12.1 Å². The number of hydrogen-bond acceptors (Lipinski definition) is 3. The summed E-state index contributed by atoms with van der Waals surface area (Å²) in [5.41, 5.74) is 2.51. The summed E-state index contributed by atoms with van der Waals surface area (Å²) in [6, 6.07) is 11.9. The number of amides is 1. The number of carbonyl (C=O) groups is 1. The molecule has 2 aromatic carbocycles. The maximum Gasteiger partial charge on any atom is 0.239 e. The Bertz CT molecular complexity index is 642. The van der Waals surface area contributed by atoms with Crippen molar-refractivity contribution in [3.8, 4) is 5.75 Å². The van der Waals surface area contributed by atoms with Gasteiger partial charge in [0.2, 0.25) is 5.91 Å². The van der Waals surface area contributed by atoms with Gasteiger partial charge in [0.1, 0.15) is 11.6 Å². The average molecular weight is 302 g/mol. The second-order valence-electron chi connectivity index (χ2n) is 4.94. The largest absolute Gasteiger partial charge is 0.497 e. The molecule has 0 heterocycles. The van der Waals surface area contributed by atoms with E-state index in [-0.39, 0.29) is 18.3 Å². The molecular formula is C17H19FN2O2. The molecule has 0 bridgehead atoms. The fourth-order valence-electron chi connectivity index (χ4n) is 2.01. The van der Waals surface area contributed by atoms with Gasteiger partial charge in [0.15, 0.2) is 0 Å². The Hall–Kier alpha value is -2.56. The van der Waals surface area contributed by atoms with Crippen LogP contribution in [-0.4, -0.2) is 19.6 Å². The van der Waals surface area contributed by atoms with Crippen molar-refractivity contribution >= 4 is 11.6 Å². The molecular weight excluding hydrogens is 283 g/mol. The highest BCUT2D eigenvalue weighted by Crippen LogP contribution is 2.15. The van der Waals surface area contributed by atoms with Crippen LogP contribution in [0.5, 0.6) is 5.75 Å². The van der Waals surface area contributed by atoms with Gasteiger partial charge < -0.3 is 15.4 Å². The number of halogens is 1. The van der Waals surface area contributed by atoms with Crippen LogP contribution in [-0.2, 0) is 11.3 Å². The zero-order valence-corrected chi connectivity index (χ0v) is 12.7. The summed E-state index contributed by atoms with van der Waals surface area (Å²) in [6.07, 6.45) is 0. The SMILES string of the molecule is COc1ccc(CNC(=O)CNc2ccc(F)cc2C)cc1. The first kappa shape index (κ1) is 15.8. The van der Waals surface area contributed by atoms with Gasteiger partial charge in [0.05, 0.1) is 13.7 Å². The lowest BCUT2D eigenvalue weighted by Crippen LogP contribution is -2.29. The van der Waals surface area contributed by atoms with E-state index >= 15 is 0 Å². The first-order valence-corrected chi connectivity index (χ1v) is 6.98. The maximum absolute atomic E-state index is 13.0. The van der Waals surface area contributed by atoms with E-state index in [9.17, 15) is 9.18 Å². The normalized spacial score (nSPS) is 10.1. The minimum Gasteiger partial charge on any atom is -0.497 e. The molecule has 2 N–H and O–H groups in total. The zero-order valence-electron chi connectivity index (χ0n) is 12.7. The summed E-state index contributed by atoms with van der Waals surface area (Å²) in [6.45, 7) is 2.39. The van der Waals surface area contributed by atoms with E-state index in [2.05, 4.69) is 10.6 Å². The van der Waals surface area contributed by atoms with E-state index in [0.29, 0.717) is 6.54 Å². The van der Waals surface area contributed by atoms with E-state index < -0.39 is 0 Å². The number of anilines is 1. The van der Waals surface area contributed by atoms with Gasteiger partial charge >= 0.3 is 0 Å². The van der Waals surface area contributed by atoms with Gasteiger partial charge in [-0.3, -0.25) is 4.79 Å². The molecule has 0 unspecified atom stereocenters. The fraction of sp³-hybridized carbons (Fsp3) is 0.235. The minimum atomic E-state index is -0.285. The van der Waals surface area contributed by atoms with Crippen LogP contribution in [0, 0.1) is 12.7 Å². The second-order valence-corrected chi connectivity index (χ2v) is 4.94. The van der Waals surface area contributed by atoms with Crippen molar-refractivity contribution in [2.24, 2.45) is 0 Å². The zero-order chi connectivity index (χ0) is 15.9. The van der Waals surface area contributed by atoms with Crippen LogP contribution in [0.3, 0.4) is 0 Å². The summed E-state index contributed by atoms with van der Waals surface area (Å²) in [4.78, 5) is 11.8. The smallest absolute Gasteiger partial charge is 0.239 e. The van der Waals surface area contributed by atoms with Crippen LogP contribution in [0.15, 0.2) is 42.5 Å². The van der Waals surface area contributed by atoms with Gasteiger partial charge in [-0.15, -0.1) is 0 Å². The van der Waals surface area contributed by atoms with Gasteiger partial charge in [-0.05, 0) is 48.4 Å². The molecule has 0 aliphatic carbocycles. The molecule has 0 saturated carbocycles. The number of methoxy groups -OCH3 is 1. The quantitative estimate of drug-likeness (QED) is 0.862. The number of aryl methyl sites for hydroxylation is 1. The van der Waals surface area contributed by atoms with E-state index in [4.69, 9.17) is 4.74 Å². The van der Waals surface area contributed by atoms with Crippen LogP contribution < -0.4 is 15.4 Å². The average Bonchev–Trinajstić information content (AvgIpc) is 2.52. The molecule has 0 saturated heterocycles. The van der Waals surface area contributed by atoms with Crippen molar-refractivity contribution in [3.05, 3.63) is 59.4 Å². The Morgan fingerprint density at radius 2 is 1.91 bits per heavy atom. The highest BCUT2D eigenvalue weighted by Gasteiger charge is 2.04. The maximum atomic E-state index is 13.0. The number of ether oxygens (including phenoxy) is 1. The van der Waals surface area contributed by atoms with Crippen LogP contribution in [0.1, 0.15) is 11.1 Å². The Morgan fingerprint density at radius 1 is 1.18 bits per heavy atom. The van der Waals surface area contributed by atoms with Crippen molar-refractivity contribution in [1.29, 1.82) is 0 Å². The monoisotopic (exact) mass is 302 g/mol. The number of carbonyl (C=O) groups excluding carboxylic acids is 1. The Kier molecular flexibility index (Phi) is 5.36. The third-order valence-electron chi connectivity index (χ3n) is 3.28. The number of rotatable bonds is 6. The highest BCUT2D eigenvalue weighted by atomic mass is 19.1. The predicted molar refractivity (Wildman–Crippen MR) is 84.5 cm³/mol. The van der Waals surface area contributed by atoms with E-state index in [0.717, 1.165) is 22.6 Å². The van der Waals surface area contributed by atoms with Gasteiger partial charge in [-0.25, -0.2) is 4.39 Å². The molecule has 0 radical (unpaired) electrons. The first-order chi connectivity index (χ1) is 10.6. The molecule has 2 aromatic rings. The Morgan fingerprint density at radius 3 is 2.55 bits per heavy atom. The van der Waals surface area contributed by atoms with E-state index in [1.54, 1.807) is 20.1 Å². The second kappa shape index (κ2) is 7.45. The van der Waals surface area contributed by atoms with Gasteiger partial charge in [0, 0.05) is 12.2 Å². The third-order valence-corrected chi connectivity index (χ3v) is 3.28. The van der Waals surface area contributed by atoms with Crippen molar-refractivity contribution in [1.82, 2.24) is 5.32 Å². The molecule has 0 atom stereocenters. The molecule has 0 aliphatic heterocycles. The molecule has 116 valence electrons. The van der Waals surface area contributed by atoms with Crippen LogP contribution >= 0.6 is 0 Å². The molecule has 4 nitrogen and oxygen atoms in total. The number of benzene rings is 2. The molecule has 0 spiro atoms. The molecule has 0 fully saturated rings. The Labute approximate surface area is 129 Å². The summed E-state index contributed by atoms with van der Waals surface area (Å²) in [5.74, 6) is 0.370. The molecule has 22 heavy (non-hydrogen) atoms. The summed E-state index contributed by atoms with van der Waals surface area (Å²) < 4.78 is 18.1. The molecule has 2 rings (SSSR count). The van der Waals surface area contributed by atoms with Gasteiger partial charge in [-0.1, -0.05) is 12.1 Å². The molecule has 0 aromatic heterocycles. The highest BCUT2D eigenvalue weighted by molar-refractivity contribution is 5.80. The lowest BCUT2D eigenvalue weighted by atomic mass is 10.2. The lowest BCUT2D eigenvalue weighted by Gasteiger charge is -2.10. The van der Waals surface area contributed by atoms with Crippen molar-refractivity contribution in [2.45, 2.75) is 13.5 Å². The number of nitrogens with one attached hydrogen (secondary N) is 2. The van der Waals surface area contributed by atoms with Gasteiger partial charge in [-0.2, -0.15) is 0 Å². The minimum absolute atomic E-state index is 0.125. The lowest BCUT2D eigenvalue weighted by molar-refractivity contribution is -0.119. The topological polar surface area (TPSA) is 50.4 Å². The number of hydrogen-bond donors (Lipinski definition) is 2. The third kappa shape index (κ3) is 4.48. The fourth-order valence-corrected chi connectivity index (χ4v) is 2.01.